The molecule has 3 N–H and O–H groups in total. The lowest BCUT2D eigenvalue weighted by molar-refractivity contribution is 0.191. The van der Waals surface area contributed by atoms with E-state index in [-0.39, 0.29) is 12.1 Å². The molecule has 112 valence electrons. The van der Waals surface area contributed by atoms with E-state index in [1.54, 1.807) is 0 Å². The minimum atomic E-state index is -0.305. The van der Waals surface area contributed by atoms with Gasteiger partial charge in [-0.2, -0.15) is 0 Å². The van der Waals surface area contributed by atoms with Crippen molar-refractivity contribution >= 4 is 11.6 Å². The molecule has 1 aromatic heterocycles. The van der Waals surface area contributed by atoms with Gasteiger partial charge in [-0.25, -0.2) is 9.97 Å². The number of likely N-dealkylation sites (N-methyl/N-ethyl adjacent to an activating group) is 1. The van der Waals surface area contributed by atoms with Crippen LogP contribution >= 0.6 is 0 Å². The number of aryl methyl sites for hydroxylation is 1. The molecule has 0 amide bonds. The Bertz CT molecular complexity index is 477. The molecule has 6 nitrogen and oxygen atoms in total. The summed E-state index contributed by atoms with van der Waals surface area (Å²) in [6.07, 6.45) is 1.22. The molecule has 6 heteroatoms. The molecule has 1 aromatic rings. The number of anilines is 2. The highest BCUT2D eigenvalue weighted by atomic mass is 16.3. The van der Waals surface area contributed by atoms with Gasteiger partial charge in [0.25, 0.3) is 0 Å². The van der Waals surface area contributed by atoms with Gasteiger partial charge in [0.2, 0.25) is 0 Å². The Morgan fingerprint density at radius 2 is 2.10 bits per heavy atom. The molecular weight excluding hydrogens is 254 g/mol. The highest BCUT2D eigenvalue weighted by molar-refractivity contribution is 5.57. The van der Waals surface area contributed by atoms with Crippen molar-refractivity contribution in [2.24, 2.45) is 0 Å². The lowest BCUT2D eigenvalue weighted by Gasteiger charge is -2.29. The molecule has 0 radical (unpaired) electrons. The Hall–Kier alpha value is -1.40. The van der Waals surface area contributed by atoms with E-state index < -0.39 is 0 Å². The van der Waals surface area contributed by atoms with E-state index in [1.807, 2.05) is 27.9 Å². The molecule has 0 aliphatic carbocycles. The van der Waals surface area contributed by atoms with E-state index in [9.17, 15) is 5.11 Å². The van der Waals surface area contributed by atoms with Gasteiger partial charge in [-0.3, -0.25) is 0 Å². The zero-order valence-electron chi connectivity index (χ0n) is 12.8. The van der Waals surface area contributed by atoms with Crippen molar-refractivity contribution in [3.05, 3.63) is 11.4 Å². The molecule has 2 rings (SSSR count). The van der Waals surface area contributed by atoms with Crippen LogP contribution in [0.4, 0.5) is 11.6 Å². The number of β-amino-alcohol motifs (C(OH)–C–C–N with tert-alkyl or cyclic N) is 1. The van der Waals surface area contributed by atoms with Crippen LogP contribution in [0, 0.1) is 6.92 Å². The maximum atomic E-state index is 10.00. The smallest absolute Gasteiger partial charge is 0.137 e. The number of aliphatic hydroxyl groups is 1. The van der Waals surface area contributed by atoms with Gasteiger partial charge < -0.3 is 20.6 Å². The van der Waals surface area contributed by atoms with Crippen LogP contribution in [0.2, 0.25) is 0 Å². The molecule has 1 aliphatic rings. The summed E-state index contributed by atoms with van der Waals surface area (Å²) >= 11 is 0. The van der Waals surface area contributed by atoms with E-state index in [4.69, 9.17) is 5.73 Å². The van der Waals surface area contributed by atoms with Gasteiger partial charge in [0.1, 0.15) is 17.5 Å². The van der Waals surface area contributed by atoms with E-state index in [1.165, 1.54) is 0 Å². The first-order valence-corrected chi connectivity index (χ1v) is 7.14. The predicted octanol–water partition coefficient (Wildman–Crippen LogP) is 0.431. The van der Waals surface area contributed by atoms with Crippen molar-refractivity contribution in [2.75, 3.05) is 37.8 Å². The first-order chi connectivity index (χ1) is 9.42. The Morgan fingerprint density at radius 1 is 1.40 bits per heavy atom. The van der Waals surface area contributed by atoms with Crippen LogP contribution in [0.3, 0.4) is 0 Å². The second-order valence-corrected chi connectivity index (χ2v) is 5.79. The average Bonchev–Trinajstić information content (AvgIpc) is 2.72. The van der Waals surface area contributed by atoms with Crippen molar-refractivity contribution in [2.45, 2.75) is 38.8 Å². The van der Waals surface area contributed by atoms with E-state index in [2.05, 4.69) is 19.8 Å². The number of hydrogen-bond acceptors (Lipinski definition) is 6. The lowest BCUT2D eigenvalue weighted by atomic mass is 10.2. The fourth-order valence-corrected chi connectivity index (χ4v) is 2.75. The fraction of sp³-hybridized carbons (Fsp3) is 0.714. The largest absolute Gasteiger partial charge is 0.391 e. The summed E-state index contributed by atoms with van der Waals surface area (Å²) in [7, 11) is 4.09. The second-order valence-electron chi connectivity index (χ2n) is 5.79. The third-order valence-electron chi connectivity index (χ3n) is 3.76. The standard InChI is InChI=1S/C14H25N5O/c1-5-12-16-13(15)9(2)14(17-12)19-8-11(20)6-10(19)7-18(3)4/h10-11,20H,5-8H2,1-4H3,(H2,15,16,17). The van der Waals surface area contributed by atoms with Crippen LogP contribution < -0.4 is 10.6 Å². The van der Waals surface area contributed by atoms with Crippen LogP contribution in [-0.2, 0) is 6.42 Å². The molecule has 20 heavy (non-hydrogen) atoms. The molecule has 2 heterocycles. The van der Waals surface area contributed by atoms with Crippen molar-refractivity contribution in [3.8, 4) is 0 Å². The van der Waals surface area contributed by atoms with Gasteiger partial charge in [0, 0.05) is 31.1 Å². The van der Waals surface area contributed by atoms with Gasteiger partial charge in [-0.05, 0) is 27.4 Å². The first-order valence-electron chi connectivity index (χ1n) is 7.14. The molecule has 1 fully saturated rings. The Labute approximate surface area is 120 Å². The summed E-state index contributed by atoms with van der Waals surface area (Å²) in [6, 6.07) is 0.262. The summed E-state index contributed by atoms with van der Waals surface area (Å²) in [5.74, 6) is 2.17. The Balaban J connectivity index is 2.35. The third kappa shape index (κ3) is 3.02. The van der Waals surface area contributed by atoms with Gasteiger partial charge in [-0.15, -0.1) is 0 Å². The number of aromatic nitrogens is 2. The summed E-state index contributed by atoms with van der Waals surface area (Å²) < 4.78 is 0. The monoisotopic (exact) mass is 279 g/mol. The SMILES string of the molecule is CCc1nc(N)c(C)c(N2CC(O)CC2CN(C)C)n1. The minimum absolute atomic E-state index is 0.262. The second kappa shape index (κ2) is 5.93. The predicted molar refractivity (Wildman–Crippen MR) is 80.9 cm³/mol. The number of rotatable bonds is 4. The summed E-state index contributed by atoms with van der Waals surface area (Å²) in [6.45, 7) is 5.46. The van der Waals surface area contributed by atoms with Crippen molar-refractivity contribution in [1.82, 2.24) is 14.9 Å². The van der Waals surface area contributed by atoms with E-state index in [0.717, 1.165) is 36.6 Å². The van der Waals surface area contributed by atoms with Crippen LogP contribution in [0.5, 0.6) is 0 Å². The van der Waals surface area contributed by atoms with Crippen LogP contribution in [0.25, 0.3) is 0 Å². The molecule has 0 bridgehead atoms. The van der Waals surface area contributed by atoms with Crippen LogP contribution in [0.1, 0.15) is 24.7 Å². The number of nitrogens with two attached hydrogens (primary N) is 1. The zero-order valence-corrected chi connectivity index (χ0v) is 12.8. The quantitative estimate of drug-likeness (QED) is 0.832. The molecular formula is C14H25N5O. The molecule has 1 saturated heterocycles. The van der Waals surface area contributed by atoms with Gasteiger partial charge >= 0.3 is 0 Å². The normalized spacial score (nSPS) is 22.8. The Morgan fingerprint density at radius 3 is 2.70 bits per heavy atom. The highest BCUT2D eigenvalue weighted by Gasteiger charge is 2.33. The number of hydrogen-bond donors (Lipinski definition) is 2. The summed E-state index contributed by atoms with van der Waals surface area (Å²) in [5, 5.41) is 10.00. The van der Waals surface area contributed by atoms with Crippen LogP contribution in [0.15, 0.2) is 0 Å². The van der Waals surface area contributed by atoms with Gasteiger partial charge in [0.15, 0.2) is 0 Å². The lowest BCUT2D eigenvalue weighted by Crippen LogP contribution is -2.38. The molecule has 2 unspecified atom stereocenters. The van der Waals surface area contributed by atoms with Gasteiger partial charge in [0.05, 0.1) is 6.10 Å². The molecule has 2 atom stereocenters. The summed E-state index contributed by atoms with van der Waals surface area (Å²) in [4.78, 5) is 13.2. The number of nitrogen functional groups attached to an aromatic ring is 1. The maximum Gasteiger partial charge on any atom is 0.137 e. The fourth-order valence-electron chi connectivity index (χ4n) is 2.75. The van der Waals surface area contributed by atoms with Crippen molar-refractivity contribution in [1.29, 1.82) is 0 Å². The van der Waals surface area contributed by atoms with Crippen molar-refractivity contribution in [3.63, 3.8) is 0 Å². The maximum absolute atomic E-state index is 10.00. The molecule has 1 aliphatic heterocycles. The van der Waals surface area contributed by atoms with E-state index >= 15 is 0 Å². The van der Waals surface area contributed by atoms with Crippen LogP contribution in [-0.4, -0.2) is 59.3 Å². The first kappa shape index (κ1) is 15.0. The topological polar surface area (TPSA) is 78.5 Å². The Kier molecular flexibility index (Phi) is 4.45. The third-order valence-corrected chi connectivity index (χ3v) is 3.76. The molecule has 0 spiro atoms. The zero-order chi connectivity index (χ0) is 14.9. The average molecular weight is 279 g/mol. The summed E-state index contributed by atoms with van der Waals surface area (Å²) in [5.41, 5.74) is 6.90. The van der Waals surface area contributed by atoms with Gasteiger partial charge in [-0.1, -0.05) is 6.92 Å². The van der Waals surface area contributed by atoms with Crippen molar-refractivity contribution < 1.29 is 5.11 Å². The number of aliphatic hydroxyl groups excluding tert-OH is 1. The molecule has 0 aromatic carbocycles. The molecule has 0 saturated carbocycles. The van der Waals surface area contributed by atoms with E-state index in [0.29, 0.717) is 12.4 Å². The number of nitrogens with zero attached hydrogens (tertiary/aromatic N) is 4. The highest BCUT2D eigenvalue weighted by Crippen LogP contribution is 2.29. The minimum Gasteiger partial charge on any atom is -0.391 e.